The van der Waals surface area contributed by atoms with E-state index in [-0.39, 0.29) is 87.5 Å². The fraction of sp³-hybridized carbons (Fsp3) is 0.552. The Hall–Kier alpha value is -5.54. The number of aromatic hydroxyl groups is 2. The number of carbonyl (C=O) groups is 1. The van der Waals surface area contributed by atoms with E-state index in [9.17, 15) is 30.3 Å². The van der Waals surface area contributed by atoms with Gasteiger partial charge in [-0.1, -0.05) is 43.9 Å². The number of aliphatic hydroxyl groups is 3. The van der Waals surface area contributed by atoms with Gasteiger partial charge in [0.1, 0.15) is 58.1 Å². The monoisotopic (exact) mass is 983 g/mol. The predicted octanol–water partition coefficient (Wildman–Crippen LogP) is 7.16. The number of phenols is 2. The van der Waals surface area contributed by atoms with Gasteiger partial charge in [0.15, 0.2) is 5.43 Å². The van der Waals surface area contributed by atoms with E-state index in [1.54, 1.807) is 25.1 Å². The average Bonchev–Trinajstić information content (AvgIpc) is 3.98. The number of piperidine rings is 1. The van der Waals surface area contributed by atoms with Crippen LogP contribution in [-0.2, 0) is 29.0 Å². The summed E-state index contributed by atoms with van der Waals surface area (Å²) in [6.45, 7) is 5.43. The second-order valence-corrected chi connectivity index (χ2v) is 23.0. The molecule has 9 atom stereocenters. The van der Waals surface area contributed by atoms with Crippen LogP contribution in [0, 0.1) is 23.2 Å². The number of nitrogens with two attached hydrogens (primary N) is 1. The second kappa shape index (κ2) is 17.6. The predicted molar refractivity (Wildman–Crippen MR) is 271 cm³/mol. The molecule has 6 heterocycles. The number of phenolic OH excluding ortho intramolecular Hbond substituents is 2. The number of aliphatic hydroxyl groups excluding tert-OH is 2. The molecule has 382 valence electrons. The second-order valence-electron chi connectivity index (χ2n) is 23.0. The molecule has 4 aliphatic carbocycles. The smallest absolute Gasteiger partial charge is 0.337 e. The molecule has 4 fully saturated rings. The molecule has 0 amide bonds. The summed E-state index contributed by atoms with van der Waals surface area (Å²) in [5.74, 6) is -2.54. The van der Waals surface area contributed by atoms with Crippen LogP contribution in [0.2, 0.25) is 0 Å². The number of carbonyl (C=O) groups excluding carboxylic acids is 1. The van der Waals surface area contributed by atoms with Crippen LogP contribution in [0.5, 0.6) is 17.2 Å². The summed E-state index contributed by atoms with van der Waals surface area (Å²) in [6, 6.07) is 7.05. The lowest BCUT2D eigenvalue weighted by atomic mass is 9.54. The highest BCUT2D eigenvalue weighted by molar-refractivity contribution is 5.93. The Morgan fingerprint density at radius 2 is 1.81 bits per heavy atom. The molecule has 2 aromatic carbocycles. The first kappa shape index (κ1) is 47.5. The lowest BCUT2D eigenvalue weighted by Crippen LogP contribution is -2.60. The number of hydrogen-bond donors (Lipinski definition) is 9. The summed E-state index contributed by atoms with van der Waals surface area (Å²) in [7, 11) is 0. The molecule has 4 bridgehead atoms. The number of nitrogens with one attached hydrogen (secondary N) is 3. The molecule has 3 saturated carbocycles. The fourth-order valence-corrected chi connectivity index (χ4v) is 16.0. The van der Waals surface area contributed by atoms with Gasteiger partial charge in [0.05, 0.1) is 23.9 Å². The number of benzene rings is 2. The van der Waals surface area contributed by atoms with Gasteiger partial charge in [-0.3, -0.25) is 10.1 Å². The molecule has 12 rings (SSSR count). The minimum absolute atomic E-state index is 0.00945. The molecule has 5 aliphatic heterocycles. The first-order chi connectivity index (χ1) is 34.7. The van der Waals surface area contributed by atoms with Gasteiger partial charge in [0.25, 0.3) is 0 Å². The van der Waals surface area contributed by atoms with Crippen molar-refractivity contribution in [1.82, 2.24) is 16.0 Å². The highest BCUT2D eigenvalue weighted by Gasteiger charge is 2.61. The Bertz CT molecular complexity index is 2990. The molecule has 3 aromatic rings. The van der Waals surface area contributed by atoms with E-state index < -0.39 is 47.1 Å². The van der Waals surface area contributed by atoms with E-state index in [1.807, 2.05) is 6.07 Å². The lowest BCUT2D eigenvalue weighted by Gasteiger charge is -2.55. The van der Waals surface area contributed by atoms with E-state index in [4.69, 9.17) is 19.6 Å². The van der Waals surface area contributed by atoms with Crippen LogP contribution in [0.25, 0.3) is 11.0 Å². The van der Waals surface area contributed by atoms with Gasteiger partial charge < -0.3 is 55.8 Å². The molecule has 72 heavy (non-hydrogen) atoms. The Balaban J connectivity index is 1.20. The van der Waals surface area contributed by atoms with Crippen LogP contribution in [0.15, 0.2) is 91.1 Å². The topological polar surface area (TPSA) is 229 Å². The standard InChI is InChI=1S/C58H70N4O10/c1-4-41(58(69)18-7-8-19-58)55(68)71-44-24-39-50(67)47-43(66)23-33(27-63)70-52(47)48-45-37-15-20-60-53(59)46(37)49(57(16-5-6-17-57)25-30-10-11-32(65)22-38(30)40(45)28-64)36-14-13-34-31(21-42(36)56(44,3)72-51(39)48)26-61-54-35(34)12-9-29(2)62-54/h4,10-11,15,22-23,26,29,36,40,42,44-45,49,54,60-65,67,69H,5-9,12-14,16-21,24-25,27-28,59H2,1-3H3/b41-4+/t29-,36+,40-,42-,44+,45-,49+,54?,56-/m0/s1. The van der Waals surface area contributed by atoms with Gasteiger partial charge in [-0.05, 0) is 153 Å². The Labute approximate surface area is 420 Å². The normalized spacial score (nSPS) is 32.2. The maximum atomic E-state index is 15.1. The summed E-state index contributed by atoms with van der Waals surface area (Å²) in [6.07, 6.45) is 15.8. The van der Waals surface area contributed by atoms with Crippen LogP contribution in [0.1, 0.15) is 144 Å². The van der Waals surface area contributed by atoms with Crippen LogP contribution >= 0.6 is 0 Å². The van der Waals surface area contributed by atoms with Crippen molar-refractivity contribution in [2.75, 3.05) is 13.2 Å². The van der Waals surface area contributed by atoms with Crippen LogP contribution < -0.4 is 31.8 Å². The maximum absolute atomic E-state index is 15.1. The zero-order chi connectivity index (χ0) is 50.0. The molecule has 14 heteroatoms. The van der Waals surface area contributed by atoms with Gasteiger partial charge in [-0.2, -0.15) is 0 Å². The maximum Gasteiger partial charge on any atom is 0.337 e. The molecule has 14 nitrogen and oxygen atoms in total. The molecular weight excluding hydrogens is 913 g/mol. The molecule has 10 N–H and O–H groups in total. The Morgan fingerprint density at radius 1 is 1.03 bits per heavy atom. The number of dihydropyridines is 2. The summed E-state index contributed by atoms with van der Waals surface area (Å²) in [5.41, 5.74) is 12.2. The van der Waals surface area contributed by atoms with Crippen LogP contribution in [0.4, 0.5) is 0 Å². The fourth-order valence-electron chi connectivity index (χ4n) is 16.0. The zero-order valence-electron chi connectivity index (χ0n) is 41.7. The van der Waals surface area contributed by atoms with Gasteiger partial charge in [-0.15, -0.1) is 0 Å². The highest BCUT2D eigenvalue weighted by Crippen LogP contribution is 2.66. The molecule has 0 radical (unpaired) electrons. The SMILES string of the molecule is C/C=C(\C(=O)O[C@@H]1Cc2c3c(c4oc(CO)cc(=O)c4c2O)[C@H]2C4=CCNC(N)=C4[C@@H]([C@@H]4CCC5=C6CC[C@H](C)NC6NC=C5C[C@@H]4[C@]1(C)O3)C1(CCCC1)Cc1ccc(O)cc1[C@@H]2CO)C1(O)CCCC1. The third-order valence-electron chi connectivity index (χ3n) is 19.3. The van der Waals surface area contributed by atoms with Crippen LogP contribution in [0.3, 0.4) is 0 Å². The summed E-state index contributed by atoms with van der Waals surface area (Å²) >= 11 is 0. The number of hydrogen-bond acceptors (Lipinski definition) is 14. The van der Waals surface area contributed by atoms with Crippen molar-refractivity contribution in [3.63, 3.8) is 0 Å². The van der Waals surface area contributed by atoms with Gasteiger partial charge in [-0.25, -0.2) is 4.79 Å². The number of allylic oxidation sites excluding steroid dienone is 5. The average molecular weight is 983 g/mol. The Morgan fingerprint density at radius 3 is 2.56 bits per heavy atom. The third-order valence-corrected chi connectivity index (χ3v) is 19.3. The number of fused-ring (bicyclic) bond motifs is 11. The van der Waals surface area contributed by atoms with E-state index in [0.29, 0.717) is 49.7 Å². The summed E-state index contributed by atoms with van der Waals surface area (Å²) in [4.78, 5) is 29.6. The molecule has 1 spiro atoms. The van der Waals surface area contributed by atoms with Crippen molar-refractivity contribution < 1.29 is 44.2 Å². The van der Waals surface area contributed by atoms with Crippen molar-refractivity contribution in [3.8, 4) is 17.2 Å². The number of ether oxygens (including phenoxy) is 2. The van der Waals surface area contributed by atoms with Gasteiger partial charge in [0.2, 0.25) is 0 Å². The van der Waals surface area contributed by atoms with Crippen molar-refractivity contribution in [2.24, 2.45) is 28.9 Å². The number of rotatable bonds is 5. The van der Waals surface area contributed by atoms with Gasteiger partial charge >= 0.3 is 5.97 Å². The molecule has 1 aromatic heterocycles. The molecule has 9 aliphatic rings. The molecule has 1 unspecified atom stereocenters. The van der Waals surface area contributed by atoms with Gasteiger partial charge in [0, 0.05) is 60.2 Å². The van der Waals surface area contributed by atoms with E-state index >= 15 is 4.79 Å². The van der Waals surface area contributed by atoms with Crippen molar-refractivity contribution in [1.29, 1.82) is 0 Å². The van der Waals surface area contributed by atoms with E-state index in [1.165, 1.54) is 22.8 Å². The first-order valence-electron chi connectivity index (χ1n) is 26.7. The van der Waals surface area contributed by atoms with E-state index in [0.717, 1.165) is 86.5 Å². The van der Waals surface area contributed by atoms with E-state index in [2.05, 4.69) is 42.1 Å². The first-order valence-corrected chi connectivity index (χ1v) is 26.7. The quantitative estimate of drug-likeness (QED) is 0.0914. The number of esters is 1. The van der Waals surface area contributed by atoms with Crippen molar-refractivity contribution >= 4 is 16.9 Å². The third kappa shape index (κ3) is 7.16. The van der Waals surface area contributed by atoms with Crippen molar-refractivity contribution in [2.45, 2.75) is 165 Å². The summed E-state index contributed by atoms with van der Waals surface area (Å²) < 4.78 is 21.5. The largest absolute Gasteiger partial charge is 0.508 e. The molecular formula is C58H70N4O10. The Kier molecular flexibility index (Phi) is 11.6. The summed E-state index contributed by atoms with van der Waals surface area (Å²) in [5, 5.41) is 70.0. The van der Waals surface area contributed by atoms with Crippen molar-refractivity contribution in [3.05, 3.63) is 120 Å². The highest BCUT2D eigenvalue weighted by atomic mass is 16.6. The molecule has 1 saturated heterocycles. The minimum Gasteiger partial charge on any atom is -0.508 e. The zero-order valence-corrected chi connectivity index (χ0v) is 41.7. The minimum atomic E-state index is -1.36. The van der Waals surface area contributed by atoms with Crippen LogP contribution in [-0.4, -0.2) is 74.2 Å². The lowest BCUT2D eigenvalue weighted by molar-refractivity contribution is -0.172.